The van der Waals surface area contributed by atoms with Gasteiger partial charge in [0.25, 0.3) is 0 Å². The number of aromatic nitrogens is 2. The van der Waals surface area contributed by atoms with Crippen molar-refractivity contribution in [1.29, 1.82) is 0 Å². The summed E-state index contributed by atoms with van der Waals surface area (Å²) in [6.07, 6.45) is 3.70. The van der Waals surface area contributed by atoms with Crippen LogP contribution in [0.5, 0.6) is 0 Å². The van der Waals surface area contributed by atoms with Crippen molar-refractivity contribution in [3.63, 3.8) is 0 Å². The van der Waals surface area contributed by atoms with E-state index < -0.39 is 0 Å². The molecular weight excluding hydrogens is 250 g/mol. The van der Waals surface area contributed by atoms with Crippen LogP contribution >= 0.6 is 11.6 Å². The third kappa shape index (κ3) is 3.03. The van der Waals surface area contributed by atoms with Crippen LogP contribution < -0.4 is 5.32 Å². The van der Waals surface area contributed by atoms with E-state index in [1.165, 1.54) is 0 Å². The molecule has 1 aromatic carbocycles. The highest BCUT2D eigenvalue weighted by Gasteiger charge is 2.09. The molecule has 96 valence electrons. The molecule has 0 fully saturated rings. The Hall–Kier alpha value is -1.52. The Bertz CT molecular complexity index is 495. The minimum absolute atomic E-state index is 0.229. The number of nitrogens with zero attached hydrogens (tertiary/aromatic N) is 2. The maximum atomic E-state index is 5.85. The van der Waals surface area contributed by atoms with Crippen LogP contribution in [-0.4, -0.2) is 23.3 Å². The van der Waals surface area contributed by atoms with Gasteiger partial charge in [0.1, 0.15) is 0 Å². The van der Waals surface area contributed by atoms with Crippen LogP contribution in [-0.2, 0) is 4.74 Å². The van der Waals surface area contributed by atoms with Gasteiger partial charge in [-0.05, 0) is 31.2 Å². The first-order valence-electron chi connectivity index (χ1n) is 5.75. The second-order valence-electron chi connectivity index (χ2n) is 4.09. The molecule has 5 heteroatoms. The van der Waals surface area contributed by atoms with Crippen LogP contribution in [0.3, 0.4) is 0 Å². The summed E-state index contributed by atoms with van der Waals surface area (Å²) in [5.74, 6) is 0.793. The smallest absolute Gasteiger partial charge is 0.207 e. The van der Waals surface area contributed by atoms with E-state index >= 15 is 0 Å². The first kappa shape index (κ1) is 12.9. The molecule has 0 saturated carbocycles. The maximum absolute atomic E-state index is 5.85. The summed E-state index contributed by atoms with van der Waals surface area (Å²) < 4.78 is 7.19. The highest BCUT2D eigenvalue weighted by atomic mass is 35.5. The fourth-order valence-electron chi connectivity index (χ4n) is 1.75. The lowest BCUT2D eigenvalue weighted by molar-refractivity contribution is 0.163. The molecule has 0 saturated heterocycles. The molecule has 0 aliphatic carbocycles. The Morgan fingerprint density at radius 3 is 2.78 bits per heavy atom. The van der Waals surface area contributed by atoms with Crippen molar-refractivity contribution in [3.05, 3.63) is 41.7 Å². The standard InChI is InChI=1S/C13H16ClN3O/c1-10(9-18-2)17-8-7-15-13(17)16-12-5-3-11(14)4-6-12/h3-8,10H,9H2,1-2H3,(H,15,16). The summed E-state index contributed by atoms with van der Waals surface area (Å²) in [5.41, 5.74) is 0.955. The molecule has 0 spiro atoms. The van der Waals surface area contributed by atoms with Crippen molar-refractivity contribution < 1.29 is 4.74 Å². The lowest BCUT2D eigenvalue weighted by Crippen LogP contribution is -2.12. The number of nitrogens with one attached hydrogen (secondary N) is 1. The second kappa shape index (κ2) is 5.89. The van der Waals surface area contributed by atoms with Crippen molar-refractivity contribution in [2.45, 2.75) is 13.0 Å². The topological polar surface area (TPSA) is 39.1 Å². The zero-order chi connectivity index (χ0) is 13.0. The third-order valence-corrected chi connectivity index (χ3v) is 2.90. The molecule has 18 heavy (non-hydrogen) atoms. The molecule has 0 aliphatic rings. The number of halogens is 1. The van der Waals surface area contributed by atoms with Gasteiger partial charge in [-0.1, -0.05) is 11.6 Å². The number of ether oxygens (including phenoxy) is 1. The monoisotopic (exact) mass is 265 g/mol. The molecule has 0 aliphatic heterocycles. The molecule has 0 amide bonds. The average Bonchev–Trinajstić information content (AvgIpc) is 2.81. The van der Waals surface area contributed by atoms with Crippen molar-refractivity contribution in [2.24, 2.45) is 0 Å². The van der Waals surface area contributed by atoms with Crippen molar-refractivity contribution >= 4 is 23.2 Å². The van der Waals surface area contributed by atoms with E-state index in [9.17, 15) is 0 Å². The van der Waals surface area contributed by atoms with Gasteiger partial charge in [-0.25, -0.2) is 4.98 Å². The molecule has 1 N–H and O–H groups in total. The van der Waals surface area contributed by atoms with E-state index in [0.29, 0.717) is 6.61 Å². The van der Waals surface area contributed by atoms with E-state index in [1.54, 1.807) is 13.3 Å². The highest BCUT2D eigenvalue weighted by Crippen LogP contribution is 2.20. The number of hydrogen-bond acceptors (Lipinski definition) is 3. The molecule has 0 bridgehead atoms. The SMILES string of the molecule is COCC(C)n1ccnc1Nc1ccc(Cl)cc1. The van der Waals surface area contributed by atoms with Gasteiger partial charge >= 0.3 is 0 Å². The first-order valence-corrected chi connectivity index (χ1v) is 6.13. The van der Waals surface area contributed by atoms with Gasteiger partial charge in [0.05, 0.1) is 12.6 Å². The molecule has 4 nitrogen and oxygen atoms in total. The minimum atomic E-state index is 0.229. The van der Waals surface area contributed by atoms with Gasteiger partial charge in [-0.2, -0.15) is 0 Å². The number of methoxy groups -OCH3 is 1. The molecule has 2 aromatic rings. The van der Waals surface area contributed by atoms with Crippen LogP contribution in [0.15, 0.2) is 36.7 Å². The van der Waals surface area contributed by atoms with E-state index in [-0.39, 0.29) is 6.04 Å². The number of benzene rings is 1. The van der Waals surface area contributed by atoms with Gasteiger partial charge < -0.3 is 14.6 Å². The molecular formula is C13H16ClN3O. The largest absolute Gasteiger partial charge is 0.383 e. The minimum Gasteiger partial charge on any atom is -0.383 e. The summed E-state index contributed by atoms with van der Waals surface area (Å²) in [5, 5.41) is 3.98. The van der Waals surface area contributed by atoms with Gasteiger partial charge in [-0.3, -0.25) is 0 Å². The van der Waals surface area contributed by atoms with Crippen LogP contribution in [0.25, 0.3) is 0 Å². The van der Waals surface area contributed by atoms with Gasteiger partial charge in [0.2, 0.25) is 5.95 Å². The Morgan fingerprint density at radius 1 is 1.39 bits per heavy atom. The van der Waals surface area contributed by atoms with E-state index in [2.05, 4.69) is 17.2 Å². The first-order chi connectivity index (χ1) is 8.70. The number of rotatable bonds is 5. The van der Waals surface area contributed by atoms with Crippen LogP contribution in [0, 0.1) is 0 Å². The number of anilines is 2. The van der Waals surface area contributed by atoms with Crippen LogP contribution in [0.4, 0.5) is 11.6 Å². The fourth-order valence-corrected chi connectivity index (χ4v) is 1.88. The average molecular weight is 266 g/mol. The molecule has 2 rings (SSSR count). The van der Waals surface area contributed by atoms with Crippen LogP contribution in [0.1, 0.15) is 13.0 Å². The van der Waals surface area contributed by atoms with Gasteiger partial charge in [-0.15, -0.1) is 0 Å². The van der Waals surface area contributed by atoms with Crippen molar-refractivity contribution in [1.82, 2.24) is 9.55 Å². The highest BCUT2D eigenvalue weighted by molar-refractivity contribution is 6.30. The maximum Gasteiger partial charge on any atom is 0.207 e. The predicted octanol–water partition coefficient (Wildman–Crippen LogP) is 3.49. The van der Waals surface area contributed by atoms with Crippen molar-refractivity contribution in [2.75, 3.05) is 19.0 Å². The zero-order valence-corrected chi connectivity index (χ0v) is 11.2. The fraction of sp³-hybridized carbons (Fsp3) is 0.308. The molecule has 1 aromatic heterocycles. The summed E-state index contributed by atoms with van der Waals surface area (Å²) in [4.78, 5) is 4.30. The predicted molar refractivity (Wildman–Crippen MR) is 73.5 cm³/mol. The Morgan fingerprint density at radius 2 is 2.11 bits per heavy atom. The molecule has 1 heterocycles. The zero-order valence-electron chi connectivity index (χ0n) is 10.4. The molecule has 1 unspecified atom stereocenters. The Labute approximate surface area is 112 Å². The summed E-state index contributed by atoms with van der Waals surface area (Å²) in [7, 11) is 1.69. The van der Waals surface area contributed by atoms with Crippen LogP contribution in [0.2, 0.25) is 5.02 Å². The lowest BCUT2D eigenvalue weighted by Gasteiger charge is -2.16. The van der Waals surface area contributed by atoms with Gasteiger partial charge in [0.15, 0.2) is 0 Å². The number of hydrogen-bond donors (Lipinski definition) is 1. The quantitative estimate of drug-likeness (QED) is 0.899. The molecule has 1 atom stereocenters. The van der Waals surface area contributed by atoms with E-state index in [4.69, 9.17) is 16.3 Å². The summed E-state index contributed by atoms with van der Waals surface area (Å²) in [6, 6.07) is 7.75. The second-order valence-corrected chi connectivity index (χ2v) is 4.53. The lowest BCUT2D eigenvalue weighted by atomic mass is 10.3. The third-order valence-electron chi connectivity index (χ3n) is 2.65. The summed E-state index contributed by atoms with van der Waals surface area (Å²) >= 11 is 5.85. The normalized spacial score (nSPS) is 12.4. The molecule has 0 radical (unpaired) electrons. The van der Waals surface area contributed by atoms with E-state index in [1.807, 2.05) is 35.0 Å². The number of imidazole rings is 1. The van der Waals surface area contributed by atoms with E-state index in [0.717, 1.165) is 16.7 Å². The van der Waals surface area contributed by atoms with Gasteiger partial charge in [0, 0.05) is 30.2 Å². The Kier molecular flexibility index (Phi) is 4.23. The Balaban J connectivity index is 2.14. The summed E-state index contributed by atoms with van der Waals surface area (Å²) in [6.45, 7) is 2.73. The van der Waals surface area contributed by atoms with Crippen molar-refractivity contribution in [3.8, 4) is 0 Å².